The van der Waals surface area contributed by atoms with Crippen molar-refractivity contribution in [1.29, 1.82) is 0 Å². The summed E-state index contributed by atoms with van der Waals surface area (Å²) < 4.78 is 0. The molecule has 16 heavy (non-hydrogen) atoms. The van der Waals surface area contributed by atoms with Crippen molar-refractivity contribution in [3.05, 3.63) is 0 Å². The van der Waals surface area contributed by atoms with Crippen LogP contribution in [0, 0.1) is 22.2 Å². The predicted octanol–water partition coefficient (Wildman–Crippen LogP) is 5.91. The molecule has 0 saturated heterocycles. The van der Waals surface area contributed by atoms with Crippen LogP contribution in [0.15, 0.2) is 0 Å². The van der Waals surface area contributed by atoms with Gasteiger partial charge < -0.3 is 0 Å². The van der Waals surface area contributed by atoms with Gasteiger partial charge in [0.25, 0.3) is 0 Å². The van der Waals surface area contributed by atoms with Gasteiger partial charge in [0.1, 0.15) is 0 Å². The van der Waals surface area contributed by atoms with Gasteiger partial charge in [0.15, 0.2) is 0 Å². The Morgan fingerprint density at radius 1 is 0.750 bits per heavy atom. The van der Waals surface area contributed by atoms with E-state index in [9.17, 15) is 0 Å². The van der Waals surface area contributed by atoms with E-state index in [0.717, 1.165) is 5.92 Å². The maximum atomic E-state index is 2.47. The first kappa shape index (κ1) is 16.0. The fourth-order valence-electron chi connectivity index (χ4n) is 3.42. The zero-order valence-corrected chi connectivity index (χ0v) is 13.2. The lowest BCUT2D eigenvalue weighted by Gasteiger charge is -2.49. The Morgan fingerprint density at radius 2 is 1.12 bits per heavy atom. The van der Waals surface area contributed by atoms with Gasteiger partial charge in [-0.15, -0.1) is 0 Å². The average molecular weight is 226 g/mol. The van der Waals surface area contributed by atoms with Crippen molar-refractivity contribution in [3.8, 4) is 0 Å². The molecule has 98 valence electrons. The molecule has 0 heterocycles. The lowest BCUT2D eigenvalue weighted by Crippen LogP contribution is -2.41. The van der Waals surface area contributed by atoms with Crippen LogP contribution in [0.4, 0.5) is 0 Å². The monoisotopic (exact) mass is 226 g/mol. The molecule has 0 unspecified atom stereocenters. The zero-order valence-electron chi connectivity index (χ0n) is 13.2. The molecule has 0 nitrogen and oxygen atoms in total. The lowest BCUT2D eigenvalue weighted by atomic mass is 9.56. The van der Waals surface area contributed by atoms with Crippen LogP contribution in [-0.2, 0) is 0 Å². The second-order valence-electron chi connectivity index (χ2n) is 7.86. The molecule has 0 aliphatic heterocycles. The summed E-state index contributed by atoms with van der Waals surface area (Å²) in [6.07, 6.45) is 3.90. The van der Waals surface area contributed by atoms with Crippen LogP contribution in [0.1, 0.15) is 81.6 Å². The summed E-state index contributed by atoms with van der Waals surface area (Å²) in [5, 5.41) is 0. The van der Waals surface area contributed by atoms with Gasteiger partial charge in [-0.25, -0.2) is 0 Å². The third-order valence-corrected chi connectivity index (χ3v) is 4.72. The van der Waals surface area contributed by atoms with Crippen molar-refractivity contribution in [2.75, 3.05) is 0 Å². The van der Waals surface area contributed by atoms with Crippen molar-refractivity contribution in [2.24, 2.45) is 22.2 Å². The van der Waals surface area contributed by atoms with E-state index in [1.807, 2.05) is 0 Å². The first-order valence-electron chi connectivity index (χ1n) is 6.98. The molecule has 0 heteroatoms. The molecule has 0 rings (SSSR count). The second kappa shape index (κ2) is 5.10. The third kappa shape index (κ3) is 3.79. The molecule has 0 fully saturated rings. The van der Waals surface area contributed by atoms with Gasteiger partial charge in [-0.2, -0.15) is 0 Å². The first-order chi connectivity index (χ1) is 6.98. The average Bonchev–Trinajstić information content (AvgIpc) is 2.00. The SMILES string of the molecule is CCC(CC)C(C)(C)C(C)(C)CC(C)(C)C. The van der Waals surface area contributed by atoms with E-state index in [4.69, 9.17) is 0 Å². The molecule has 0 aliphatic carbocycles. The molecule has 0 bridgehead atoms. The van der Waals surface area contributed by atoms with Crippen LogP contribution >= 0.6 is 0 Å². The summed E-state index contributed by atoms with van der Waals surface area (Å²) in [4.78, 5) is 0. The van der Waals surface area contributed by atoms with Crippen LogP contribution in [0.25, 0.3) is 0 Å². The normalized spacial score (nSPS) is 14.6. The zero-order chi connectivity index (χ0) is 13.2. The smallest absolute Gasteiger partial charge is 0.0275 e. The Bertz CT molecular complexity index is 199. The van der Waals surface area contributed by atoms with Crippen LogP contribution in [0.3, 0.4) is 0 Å². The fraction of sp³-hybridized carbons (Fsp3) is 1.00. The molecule has 0 aromatic heterocycles. The number of hydrogen-bond donors (Lipinski definition) is 0. The van der Waals surface area contributed by atoms with Crippen LogP contribution < -0.4 is 0 Å². The molecular formula is C16H34. The van der Waals surface area contributed by atoms with E-state index < -0.39 is 0 Å². The Labute approximate surface area is 104 Å². The molecule has 0 aromatic carbocycles. The van der Waals surface area contributed by atoms with Crippen molar-refractivity contribution in [1.82, 2.24) is 0 Å². The van der Waals surface area contributed by atoms with Gasteiger partial charge in [0, 0.05) is 0 Å². The molecule has 0 radical (unpaired) electrons. The van der Waals surface area contributed by atoms with E-state index in [1.54, 1.807) is 0 Å². The Hall–Kier alpha value is 0. The topological polar surface area (TPSA) is 0 Å². The van der Waals surface area contributed by atoms with Gasteiger partial charge in [0.05, 0.1) is 0 Å². The van der Waals surface area contributed by atoms with E-state index in [1.165, 1.54) is 19.3 Å². The predicted molar refractivity (Wildman–Crippen MR) is 75.7 cm³/mol. The molecular weight excluding hydrogens is 192 g/mol. The highest BCUT2D eigenvalue weighted by Gasteiger charge is 2.43. The maximum Gasteiger partial charge on any atom is -0.0275 e. The highest BCUT2D eigenvalue weighted by atomic mass is 14.5. The van der Waals surface area contributed by atoms with E-state index >= 15 is 0 Å². The minimum absolute atomic E-state index is 0.405. The van der Waals surface area contributed by atoms with E-state index in [0.29, 0.717) is 16.2 Å². The highest BCUT2D eigenvalue weighted by Crippen LogP contribution is 2.52. The molecule has 0 amide bonds. The largest absolute Gasteiger partial charge is 0.0651 e. The first-order valence-corrected chi connectivity index (χ1v) is 6.98. The molecule has 0 N–H and O–H groups in total. The maximum absolute atomic E-state index is 2.47. The summed E-state index contributed by atoms with van der Waals surface area (Å²) in [5.41, 5.74) is 1.25. The standard InChI is InChI=1S/C16H34/c1-10-13(11-2)16(8,9)15(6,7)12-14(3,4)5/h13H,10-12H2,1-9H3. The van der Waals surface area contributed by atoms with Crippen molar-refractivity contribution < 1.29 is 0 Å². The molecule has 0 spiro atoms. The highest BCUT2D eigenvalue weighted by molar-refractivity contribution is 4.92. The quantitative estimate of drug-likeness (QED) is 0.546. The summed E-state index contributed by atoms with van der Waals surface area (Å²) in [5.74, 6) is 0.838. The van der Waals surface area contributed by atoms with E-state index in [-0.39, 0.29) is 0 Å². The Kier molecular flexibility index (Phi) is 5.10. The number of rotatable bonds is 5. The molecule has 0 aliphatic rings. The minimum atomic E-state index is 0.405. The second-order valence-corrected chi connectivity index (χ2v) is 7.86. The summed E-state index contributed by atoms with van der Waals surface area (Å²) in [6, 6.07) is 0. The number of hydrogen-bond acceptors (Lipinski definition) is 0. The van der Waals surface area contributed by atoms with Crippen molar-refractivity contribution in [3.63, 3.8) is 0 Å². The summed E-state index contributed by atoms with van der Waals surface area (Å²) >= 11 is 0. The molecule has 0 aromatic rings. The van der Waals surface area contributed by atoms with Gasteiger partial charge >= 0.3 is 0 Å². The molecule has 0 atom stereocenters. The fourth-order valence-corrected chi connectivity index (χ4v) is 3.42. The van der Waals surface area contributed by atoms with Crippen LogP contribution in [-0.4, -0.2) is 0 Å². The van der Waals surface area contributed by atoms with E-state index in [2.05, 4.69) is 62.3 Å². The van der Waals surface area contributed by atoms with Gasteiger partial charge in [-0.1, -0.05) is 75.2 Å². The van der Waals surface area contributed by atoms with Crippen molar-refractivity contribution >= 4 is 0 Å². The van der Waals surface area contributed by atoms with Crippen LogP contribution in [0.5, 0.6) is 0 Å². The molecule has 0 saturated carbocycles. The minimum Gasteiger partial charge on any atom is -0.0651 e. The van der Waals surface area contributed by atoms with Crippen LogP contribution in [0.2, 0.25) is 0 Å². The lowest BCUT2D eigenvalue weighted by molar-refractivity contribution is 0.00169. The summed E-state index contributed by atoms with van der Waals surface area (Å²) in [7, 11) is 0. The van der Waals surface area contributed by atoms with Crippen molar-refractivity contribution in [2.45, 2.75) is 81.6 Å². The van der Waals surface area contributed by atoms with Gasteiger partial charge in [-0.3, -0.25) is 0 Å². The third-order valence-electron chi connectivity index (χ3n) is 4.72. The van der Waals surface area contributed by atoms with Gasteiger partial charge in [-0.05, 0) is 28.6 Å². The Morgan fingerprint density at radius 3 is 1.38 bits per heavy atom. The van der Waals surface area contributed by atoms with Gasteiger partial charge in [0.2, 0.25) is 0 Å². The Balaban J connectivity index is 4.96. The summed E-state index contributed by atoms with van der Waals surface area (Å²) in [6.45, 7) is 21.6.